The van der Waals surface area contributed by atoms with Crippen molar-refractivity contribution >= 4 is 40.8 Å². The van der Waals surface area contributed by atoms with Gasteiger partial charge in [-0.05, 0) is 13.8 Å². The molecule has 0 radical (unpaired) electrons. The molecule has 0 fully saturated rings. The lowest BCUT2D eigenvalue weighted by atomic mass is 10.0. The number of carbonyl (C=O) groups is 1. The summed E-state index contributed by atoms with van der Waals surface area (Å²) in [6.07, 6.45) is 0. The van der Waals surface area contributed by atoms with Crippen LogP contribution < -0.4 is 9.47 Å². The fourth-order valence-corrected chi connectivity index (χ4v) is 1.98. The molecular formula is C13H15Cl3O4. The predicted octanol–water partition coefficient (Wildman–Crippen LogP) is 3.85. The van der Waals surface area contributed by atoms with Crippen LogP contribution in [0, 0.1) is 13.8 Å². The second kappa shape index (κ2) is 6.74. The smallest absolute Gasteiger partial charge is 0.339 e. The van der Waals surface area contributed by atoms with E-state index in [0.29, 0.717) is 28.2 Å². The maximum atomic E-state index is 12.2. The Morgan fingerprint density at radius 2 is 1.55 bits per heavy atom. The van der Waals surface area contributed by atoms with Gasteiger partial charge in [0.15, 0.2) is 0 Å². The van der Waals surface area contributed by atoms with E-state index in [1.54, 1.807) is 19.9 Å². The first-order valence-electron chi connectivity index (χ1n) is 5.67. The van der Waals surface area contributed by atoms with Gasteiger partial charge in [0.1, 0.15) is 18.1 Å². The summed E-state index contributed by atoms with van der Waals surface area (Å²) in [5.41, 5.74) is 1.62. The molecule has 7 heteroatoms. The fraction of sp³-hybridized carbons (Fsp3) is 0.462. The van der Waals surface area contributed by atoms with Gasteiger partial charge in [-0.3, -0.25) is 0 Å². The van der Waals surface area contributed by atoms with Crippen LogP contribution in [0.25, 0.3) is 0 Å². The van der Waals surface area contributed by atoms with E-state index < -0.39 is 9.76 Å². The molecule has 20 heavy (non-hydrogen) atoms. The van der Waals surface area contributed by atoms with E-state index in [2.05, 4.69) is 0 Å². The van der Waals surface area contributed by atoms with E-state index >= 15 is 0 Å². The Balaban J connectivity index is 3.19. The lowest BCUT2D eigenvalue weighted by molar-refractivity contribution is 0.0509. The minimum atomic E-state index is -1.65. The number of carbonyl (C=O) groups excluding carboxylic acids is 1. The first-order chi connectivity index (χ1) is 9.21. The van der Waals surface area contributed by atoms with Crippen molar-refractivity contribution in [2.45, 2.75) is 17.6 Å². The molecule has 0 saturated carbocycles. The lowest BCUT2D eigenvalue weighted by Crippen LogP contribution is -2.19. The summed E-state index contributed by atoms with van der Waals surface area (Å²) in [5.74, 6) is 0.449. The zero-order valence-electron chi connectivity index (χ0n) is 11.6. The van der Waals surface area contributed by atoms with Gasteiger partial charge >= 0.3 is 5.97 Å². The maximum Gasteiger partial charge on any atom is 0.339 e. The average molecular weight is 342 g/mol. The van der Waals surface area contributed by atoms with E-state index in [0.717, 1.165) is 0 Å². The van der Waals surface area contributed by atoms with Gasteiger partial charge in [0.05, 0.1) is 19.8 Å². The third-order valence-corrected chi connectivity index (χ3v) is 3.09. The zero-order valence-corrected chi connectivity index (χ0v) is 13.8. The molecule has 0 atom stereocenters. The highest BCUT2D eigenvalue weighted by molar-refractivity contribution is 6.67. The van der Waals surface area contributed by atoms with Crippen molar-refractivity contribution < 1.29 is 19.0 Å². The van der Waals surface area contributed by atoms with E-state index in [9.17, 15) is 4.79 Å². The van der Waals surface area contributed by atoms with Gasteiger partial charge in [0.2, 0.25) is 3.79 Å². The van der Waals surface area contributed by atoms with Crippen LogP contribution >= 0.6 is 34.8 Å². The molecule has 0 saturated heterocycles. The van der Waals surface area contributed by atoms with Gasteiger partial charge in [-0.1, -0.05) is 34.8 Å². The number of rotatable bonds is 4. The third-order valence-electron chi connectivity index (χ3n) is 2.76. The van der Waals surface area contributed by atoms with Gasteiger partial charge in [-0.25, -0.2) is 4.79 Å². The monoisotopic (exact) mass is 340 g/mol. The molecule has 1 rings (SSSR count). The van der Waals surface area contributed by atoms with Crippen LogP contribution in [0.2, 0.25) is 0 Å². The van der Waals surface area contributed by atoms with E-state index in [4.69, 9.17) is 49.0 Å². The third kappa shape index (κ3) is 4.08. The summed E-state index contributed by atoms with van der Waals surface area (Å²) in [7, 11) is 3.01. The number of esters is 1. The van der Waals surface area contributed by atoms with E-state index in [1.165, 1.54) is 14.2 Å². The number of ether oxygens (including phenoxy) is 3. The number of benzene rings is 1. The van der Waals surface area contributed by atoms with Crippen molar-refractivity contribution in [3.05, 3.63) is 22.8 Å². The van der Waals surface area contributed by atoms with Gasteiger partial charge < -0.3 is 14.2 Å². The second-order valence-electron chi connectivity index (χ2n) is 4.10. The quantitative estimate of drug-likeness (QED) is 0.616. The van der Waals surface area contributed by atoms with Gasteiger partial charge in [-0.15, -0.1) is 0 Å². The van der Waals surface area contributed by atoms with Gasteiger partial charge in [0, 0.05) is 17.2 Å². The van der Waals surface area contributed by atoms with Crippen LogP contribution in [0.1, 0.15) is 21.5 Å². The molecule has 0 aromatic heterocycles. The van der Waals surface area contributed by atoms with E-state index in [1.807, 2.05) is 0 Å². The molecular weight excluding hydrogens is 326 g/mol. The van der Waals surface area contributed by atoms with Gasteiger partial charge in [0.25, 0.3) is 0 Å². The first-order valence-corrected chi connectivity index (χ1v) is 6.80. The molecule has 0 aliphatic carbocycles. The topological polar surface area (TPSA) is 44.8 Å². The number of alkyl halides is 3. The molecule has 112 valence electrons. The van der Waals surface area contributed by atoms with Crippen LogP contribution in [-0.4, -0.2) is 30.6 Å². The highest BCUT2D eigenvalue weighted by Crippen LogP contribution is 2.34. The zero-order chi connectivity index (χ0) is 15.5. The van der Waals surface area contributed by atoms with Crippen LogP contribution in [0.3, 0.4) is 0 Å². The SMILES string of the molecule is COc1cc(OC)c(C)c(C(=O)OCC(Cl)(Cl)Cl)c1C. The molecule has 0 unspecified atom stereocenters. The molecule has 0 amide bonds. The molecule has 1 aromatic rings. The molecule has 1 aromatic carbocycles. The van der Waals surface area contributed by atoms with Crippen LogP contribution in [0.5, 0.6) is 11.5 Å². The molecule has 0 N–H and O–H groups in total. The van der Waals surface area contributed by atoms with Crippen LogP contribution in [0.15, 0.2) is 6.07 Å². The minimum absolute atomic E-state index is 0.338. The molecule has 0 aliphatic rings. The Hall–Kier alpha value is -0.840. The normalized spacial score (nSPS) is 11.2. The molecule has 0 heterocycles. The number of hydrogen-bond acceptors (Lipinski definition) is 4. The number of hydrogen-bond donors (Lipinski definition) is 0. The fourth-order valence-electron chi connectivity index (χ4n) is 1.81. The molecule has 0 bridgehead atoms. The molecule has 0 aliphatic heterocycles. The summed E-state index contributed by atoms with van der Waals surface area (Å²) in [4.78, 5) is 12.2. The van der Waals surface area contributed by atoms with Crippen LogP contribution in [-0.2, 0) is 4.74 Å². The van der Waals surface area contributed by atoms with Crippen molar-refractivity contribution in [2.75, 3.05) is 20.8 Å². The van der Waals surface area contributed by atoms with E-state index in [-0.39, 0.29) is 6.61 Å². The summed E-state index contributed by atoms with van der Waals surface area (Å²) in [5, 5.41) is 0. The second-order valence-corrected chi connectivity index (χ2v) is 6.61. The Morgan fingerprint density at radius 3 is 1.90 bits per heavy atom. The summed E-state index contributed by atoms with van der Waals surface area (Å²) in [6, 6.07) is 1.70. The highest BCUT2D eigenvalue weighted by atomic mass is 35.6. The standard InChI is InChI=1S/C13H15Cl3O4/c1-7-9(18-3)5-10(19-4)8(2)11(7)12(17)20-6-13(14,15)16/h5H,6H2,1-4H3. The van der Waals surface area contributed by atoms with Crippen molar-refractivity contribution in [1.82, 2.24) is 0 Å². The summed E-state index contributed by atoms with van der Waals surface area (Å²) in [6.45, 7) is 3.16. The lowest BCUT2D eigenvalue weighted by Gasteiger charge is -2.17. The maximum absolute atomic E-state index is 12.2. The van der Waals surface area contributed by atoms with Crippen molar-refractivity contribution in [3.63, 3.8) is 0 Å². The Bertz CT molecular complexity index is 481. The van der Waals surface area contributed by atoms with Crippen molar-refractivity contribution in [1.29, 1.82) is 0 Å². The first kappa shape index (κ1) is 17.2. The Morgan fingerprint density at radius 1 is 1.10 bits per heavy atom. The minimum Gasteiger partial charge on any atom is -0.496 e. The number of halogens is 3. The summed E-state index contributed by atoms with van der Waals surface area (Å²) >= 11 is 16.7. The molecule has 0 spiro atoms. The Labute approximate surface area is 132 Å². The van der Waals surface area contributed by atoms with Crippen molar-refractivity contribution in [2.24, 2.45) is 0 Å². The predicted molar refractivity (Wildman–Crippen MR) is 79.6 cm³/mol. The highest BCUT2D eigenvalue weighted by Gasteiger charge is 2.26. The Kier molecular flexibility index (Phi) is 5.80. The summed E-state index contributed by atoms with van der Waals surface area (Å²) < 4.78 is 13.8. The van der Waals surface area contributed by atoms with Crippen LogP contribution in [0.4, 0.5) is 0 Å². The van der Waals surface area contributed by atoms with Crippen molar-refractivity contribution in [3.8, 4) is 11.5 Å². The molecule has 4 nitrogen and oxygen atoms in total. The van der Waals surface area contributed by atoms with Gasteiger partial charge in [-0.2, -0.15) is 0 Å². The number of methoxy groups -OCH3 is 2. The largest absolute Gasteiger partial charge is 0.496 e. The average Bonchev–Trinajstić information content (AvgIpc) is 2.36.